The van der Waals surface area contributed by atoms with Gasteiger partial charge in [-0.3, -0.25) is 24.6 Å². The number of aliphatic hydroxyl groups excluding tert-OH is 1. The van der Waals surface area contributed by atoms with Crippen LogP contribution in [-0.2, 0) is 25.7 Å². The number of carboxylic acids is 1. The summed E-state index contributed by atoms with van der Waals surface area (Å²) in [6, 6.07) is 21.5. The summed E-state index contributed by atoms with van der Waals surface area (Å²) in [4.78, 5) is 38.2. The Kier molecular flexibility index (Phi) is 10.2. The first-order chi connectivity index (χ1) is 21.3. The number of carbonyl (C=O) groups is 2. The number of piperazine rings is 1. The lowest BCUT2D eigenvalue weighted by Crippen LogP contribution is -2.49. The Balaban J connectivity index is 1.26. The molecule has 5 rings (SSSR count). The second kappa shape index (κ2) is 14.4. The molecule has 2 fully saturated rings. The second-order valence-electron chi connectivity index (χ2n) is 11.0. The van der Waals surface area contributed by atoms with Gasteiger partial charge in [-0.25, -0.2) is 0 Å². The van der Waals surface area contributed by atoms with Crippen molar-refractivity contribution in [1.82, 2.24) is 4.90 Å². The zero-order valence-corrected chi connectivity index (χ0v) is 24.2. The number of nitro benzene ring substituents is 1. The number of amides is 1. The van der Waals surface area contributed by atoms with Crippen LogP contribution in [-0.4, -0.2) is 70.7 Å². The van der Waals surface area contributed by atoms with Crippen molar-refractivity contribution in [3.05, 3.63) is 99.6 Å². The molecule has 232 valence electrons. The molecule has 3 N–H and O–H groups in total. The summed E-state index contributed by atoms with van der Waals surface area (Å²) < 4.78 is 12.9. The number of nitro groups is 1. The minimum Gasteiger partial charge on any atom is -0.481 e. The lowest BCUT2D eigenvalue weighted by Gasteiger charge is -2.41. The second-order valence-corrected chi connectivity index (χ2v) is 11.0. The normalized spacial score (nSPS) is 20.7. The molecule has 3 atom stereocenters. The van der Waals surface area contributed by atoms with E-state index in [1.54, 1.807) is 30.3 Å². The Labute approximate surface area is 255 Å². The highest BCUT2D eigenvalue weighted by atomic mass is 16.7. The van der Waals surface area contributed by atoms with Crippen LogP contribution in [0.15, 0.2) is 72.8 Å². The molecule has 12 nitrogen and oxygen atoms in total. The van der Waals surface area contributed by atoms with Crippen molar-refractivity contribution in [1.29, 1.82) is 0 Å². The average Bonchev–Trinajstić information content (AvgIpc) is 3.04. The van der Waals surface area contributed by atoms with Crippen molar-refractivity contribution < 1.29 is 34.2 Å². The van der Waals surface area contributed by atoms with E-state index < -0.39 is 17.2 Å². The number of benzene rings is 3. The number of aliphatic hydroxyl groups is 1. The molecule has 2 heterocycles. The maximum Gasteiger partial charge on any atom is 0.303 e. The number of hydrogen-bond acceptors (Lipinski definition) is 9. The Hall–Kier alpha value is -4.36. The van der Waals surface area contributed by atoms with Crippen LogP contribution in [0.2, 0.25) is 0 Å². The van der Waals surface area contributed by atoms with Gasteiger partial charge in [0.2, 0.25) is 5.91 Å². The number of nitrogens with one attached hydrogen (secondary N) is 1. The fourth-order valence-corrected chi connectivity index (χ4v) is 5.50. The van der Waals surface area contributed by atoms with Gasteiger partial charge in [0, 0.05) is 74.6 Å². The SMILES string of the molecule is O=C(O)CCC(=O)Nc1cccc([C@@H]2O[C@H](CN3CCN(c4ccc([N+](=O)[O-])cc4)CC3)C[C@H](c3ccc(CO)cc3)O2)c1. The Morgan fingerprint density at radius 1 is 0.932 bits per heavy atom. The summed E-state index contributed by atoms with van der Waals surface area (Å²) in [6.45, 7) is 3.80. The van der Waals surface area contributed by atoms with E-state index in [4.69, 9.17) is 14.6 Å². The Morgan fingerprint density at radius 3 is 2.32 bits per heavy atom. The minimum absolute atomic E-state index is 0.0446. The first-order valence-electron chi connectivity index (χ1n) is 14.6. The molecule has 0 unspecified atom stereocenters. The number of carboxylic acid groups (broad SMARTS) is 1. The van der Waals surface area contributed by atoms with Crippen molar-refractivity contribution in [2.75, 3.05) is 42.9 Å². The molecule has 0 spiro atoms. The molecule has 2 aliphatic heterocycles. The monoisotopic (exact) mass is 604 g/mol. The molecule has 3 aromatic carbocycles. The van der Waals surface area contributed by atoms with E-state index in [0.717, 1.165) is 48.6 Å². The first-order valence-corrected chi connectivity index (χ1v) is 14.6. The zero-order chi connectivity index (χ0) is 31.1. The number of hydrogen-bond donors (Lipinski definition) is 3. The van der Waals surface area contributed by atoms with Crippen molar-refractivity contribution in [2.45, 2.75) is 44.4 Å². The van der Waals surface area contributed by atoms with E-state index in [0.29, 0.717) is 18.7 Å². The van der Waals surface area contributed by atoms with E-state index in [9.17, 15) is 24.8 Å². The van der Waals surface area contributed by atoms with Gasteiger partial charge in [0.1, 0.15) is 0 Å². The van der Waals surface area contributed by atoms with Gasteiger partial charge in [0.05, 0.1) is 30.2 Å². The van der Waals surface area contributed by atoms with Gasteiger partial charge in [0.25, 0.3) is 5.69 Å². The third-order valence-corrected chi connectivity index (χ3v) is 7.88. The molecule has 0 aliphatic carbocycles. The van der Waals surface area contributed by atoms with E-state index in [2.05, 4.69) is 15.1 Å². The highest BCUT2D eigenvalue weighted by Crippen LogP contribution is 2.39. The minimum atomic E-state index is -1.03. The fourth-order valence-electron chi connectivity index (χ4n) is 5.50. The highest BCUT2D eigenvalue weighted by molar-refractivity contribution is 5.92. The molecule has 3 aromatic rings. The van der Waals surface area contributed by atoms with Gasteiger partial charge in [-0.15, -0.1) is 0 Å². The number of aliphatic carboxylic acids is 1. The predicted octanol–water partition coefficient (Wildman–Crippen LogP) is 4.26. The molecule has 0 saturated carbocycles. The fraction of sp³-hybridized carbons (Fsp3) is 0.375. The quantitative estimate of drug-likeness (QED) is 0.214. The van der Waals surface area contributed by atoms with Crippen molar-refractivity contribution >= 4 is 28.9 Å². The number of non-ortho nitro benzene ring substituents is 1. The van der Waals surface area contributed by atoms with Gasteiger partial charge in [-0.1, -0.05) is 36.4 Å². The molecule has 12 heteroatoms. The van der Waals surface area contributed by atoms with Gasteiger partial charge in [-0.2, -0.15) is 0 Å². The summed E-state index contributed by atoms with van der Waals surface area (Å²) >= 11 is 0. The van der Waals surface area contributed by atoms with Crippen molar-refractivity contribution in [3.63, 3.8) is 0 Å². The molecule has 2 aliphatic rings. The summed E-state index contributed by atoms with van der Waals surface area (Å²) in [5, 5.41) is 32.1. The molecule has 0 aromatic heterocycles. The van der Waals surface area contributed by atoms with Crippen LogP contribution in [0.3, 0.4) is 0 Å². The topological polar surface area (TPSA) is 155 Å². The van der Waals surface area contributed by atoms with Crippen LogP contribution < -0.4 is 10.2 Å². The Morgan fingerprint density at radius 2 is 1.66 bits per heavy atom. The predicted molar refractivity (Wildman–Crippen MR) is 162 cm³/mol. The summed E-state index contributed by atoms with van der Waals surface area (Å²) in [7, 11) is 0. The van der Waals surface area contributed by atoms with Crippen LogP contribution in [0.5, 0.6) is 0 Å². The standard InChI is InChI=1S/C32H36N4O8/c37-21-22-4-6-23(7-5-22)29-19-28(20-34-14-16-35(17-15-34)26-8-10-27(11-9-26)36(41)42)43-32(44-29)24-2-1-3-25(18-24)33-30(38)12-13-31(39)40/h1-11,18,28-29,32,37H,12-17,19-21H2,(H,33,38)(H,39,40)/t28-,29+,32+/m0/s1. The summed E-state index contributed by atoms with van der Waals surface area (Å²) in [5.41, 5.74) is 4.07. The van der Waals surface area contributed by atoms with E-state index in [1.807, 2.05) is 30.3 Å². The number of anilines is 2. The van der Waals surface area contributed by atoms with Crippen molar-refractivity contribution in [3.8, 4) is 0 Å². The molecule has 44 heavy (non-hydrogen) atoms. The lowest BCUT2D eigenvalue weighted by molar-refractivity contribution is -0.384. The smallest absolute Gasteiger partial charge is 0.303 e. The maximum absolute atomic E-state index is 12.2. The molecule has 0 radical (unpaired) electrons. The number of ether oxygens (including phenoxy) is 2. The maximum atomic E-state index is 12.2. The molecule has 2 saturated heterocycles. The van der Waals surface area contributed by atoms with Gasteiger partial charge in [0.15, 0.2) is 6.29 Å². The summed E-state index contributed by atoms with van der Waals surface area (Å²) in [6.07, 6.45) is -0.864. The first kappa shape index (κ1) is 31.1. The average molecular weight is 605 g/mol. The van der Waals surface area contributed by atoms with E-state index in [-0.39, 0.29) is 43.3 Å². The molecular formula is C32H36N4O8. The van der Waals surface area contributed by atoms with Crippen LogP contribution >= 0.6 is 0 Å². The molecular weight excluding hydrogens is 568 g/mol. The van der Waals surface area contributed by atoms with Crippen LogP contribution in [0, 0.1) is 10.1 Å². The Bertz CT molecular complexity index is 1440. The third kappa shape index (κ3) is 8.17. The highest BCUT2D eigenvalue weighted by Gasteiger charge is 2.34. The number of rotatable bonds is 11. The number of carbonyl (C=O) groups excluding carboxylic acids is 1. The van der Waals surface area contributed by atoms with Gasteiger partial charge >= 0.3 is 5.97 Å². The zero-order valence-electron chi connectivity index (χ0n) is 24.2. The van der Waals surface area contributed by atoms with Gasteiger partial charge < -0.3 is 29.9 Å². The molecule has 1 amide bonds. The summed E-state index contributed by atoms with van der Waals surface area (Å²) in [5.74, 6) is -1.42. The van der Waals surface area contributed by atoms with Crippen LogP contribution in [0.25, 0.3) is 0 Å². The van der Waals surface area contributed by atoms with E-state index >= 15 is 0 Å². The van der Waals surface area contributed by atoms with Crippen LogP contribution in [0.1, 0.15) is 48.3 Å². The lowest BCUT2D eigenvalue weighted by atomic mass is 9.99. The number of nitrogens with zero attached hydrogens (tertiary/aromatic N) is 3. The van der Waals surface area contributed by atoms with Gasteiger partial charge in [-0.05, 0) is 35.4 Å². The third-order valence-electron chi connectivity index (χ3n) is 7.88. The van der Waals surface area contributed by atoms with Crippen LogP contribution in [0.4, 0.5) is 17.1 Å². The molecule has 0 bridgehead atoms. The largest absolute Gasteiger partial charge is 0.481 e. The van der Waals surface area contributed by atoms with Crippen molar-refractivity contribution in [2.24, 2.45) is 0 Å². The van der Waals surface area contributed by atoms with E-state index in [1.165, 1.54) is 12.1 Å².